The average Bonchev–Trinajstić information content (AvgIpc) is 2.38. The predicted molar refractivity (Wildman–Crippen MR) is 64.5 cm³/mol. The third-order valence-electron chi connectivity index (χ3n) is 2.98. The van der Waals surface area contributed by atoms with Gasteiger partial charge < -0.3 is 19.7 Å². The molecule has 18 heavy (non-hydrogen) atoms. The number of aromatic amines is 1. The number of aliphatic hydroxyl groups excluding tert-OH is 1. The molecule has 6 heteroatoms. The summed E-state index contributed by atoms with van der Waals surface area (Å²) in [5, 5.41) is 9.21. The summed E-state index contributed by atoms with van der Waals surface area (Å²) < 4.78 is 5.20. The summed E-state index contributed by atoms with van der Waals surface area (Å²) >= 11 is 0. The summed E-state index contributed by atoms with van der Waals surface area (Å²) in [7, 11) is 0. The number of nitrogens with zero attached hydrogens (tertiary/aromatic N) is 1. The Hall–Kier alpha value is -1.66. The van der Waals surface area contributed by atoms with Crippen LogP contribution in [0.25, 0.3) is 0 Å². The van der Waals surface area contributed by atoms with Crippen LogP contribution in [0.3, 0.4) is 0 Å². The Bertz CT molecular complexity index is 497. The number of H-pyrrole nitrogens is 1. The fraction of sp³-hybridized carbons (Fsp3) is 0.500. The maximum atomic E-state index is 12.2. The molecule has 0 saturated carbocycles. The van der Waals surface area contributed by atoms with Crippen LogP contribution in [0.4, 0.5) is 0 Å². The molecule has 0 radical (unpaired) electrons. The van der Waals surface area contributed by atoms with E-state index in [-0.39, 0.29) is 24.1 Å². The van der Waals surface area contributed by atoms with Crippen LogP contribution in [0.1, 0.15) is 16.1 Å². The molecule has 2 heterocycles. The molecule has 1 amide bonds. The molecule has 1 atom stereocenters. The fourth-order valence-electron chi connectivity index (χ4n) is 1.97. The highest BCUT2D eigenvalue weighted by Crippen LogP contribution is 2.10. The molecule has 1 aromatic heterocycles. The summed E-state index contributed by atoms with van der Waals surface area (Å²) in [6.07, 6.45) is 0. The van der Waals surface area contributed by atoms with E-state index >= 15 is 0 Å². The van der Waals surface area contributed by atoms with Gasteiger partial charge in [0.1, 0.15) is 5.56 Å². The molecule has 1 aromatic rings. The number of aromatic nitrogens is 1. The maximum absolute atomic E-state index is 12.2. The van der Waals surface area contributed by atoms with E-state index in [0.717, 1.165) is 0 Å². The van der Waals surface area contributed by atoms with Crippen molar-refractivity contribution in [2.24, 2.45) is 0 Å². The highest BCUT2D eigenvalue weighted by molar-refractivity contribution is 5.94. The van der Waals surface area contributed by atoms with Gasteiger partial charge in [0.25, 0.3) is 11.5 Å². The second kappa shape index (κ2) is 5.32. The van der Waals surface area contributed by atoms with Gasteiger partial charge in [-0.2, -0.15) is 0 Å². The van der Waals surface area contributed by atoms with E-state index in [1.165, 1.54) is 11.0 Å². The normalized spacial score (nSPS) is 19.9. The van der Waals surface area contributed by atoms with Gasteiger partial charge in [-0.3, -0.25) is 9.59 Å². The first kappa shape index (κ1) is 12.8. The molecule has 1 unspecified atom stereocenters. The van der Waals surface area contributed by atoms with Crippen molar-refractivity contribution in [2.75, 3.05) is 26.4 Å². The minimum absolute atomic E-state index is 0.0981. The Kier molecular flexibility index (Phi) is 3.78. The van der Waals surface area contributed by atoms with E-state index in [9.17, 15) is 14.7 Å². The number of pyridine rings is 1. The molecule has 2 N–H and O–H groups in total. The summed E-state index contributed by atoms with van der Waals surface area (Å²) in [4.78, 5) is 28.0. The van der Waals surface area contributed by atoms with Crippen LogP contribution in [-0.2, 0) is 4.74 Å². The topological polar surface area (TPSA) is 82.6 Å². The summed E-state index contributed by atoms with van der Waals surface area (Å²) in [5.74, 6) is -0.362. The average molecular weight is 252 g/mol. The van der Waals surface area contributed by atoms with Crippen molar-refractivity contribution in [3.05, 3.63) is 33.7 Å². The number of carbonyl (C=O) groups is 1. The lowest BCUT2D eigenvalue weighted by molar-refractivity contribution is -0.0184. The second-order valence-corrected chi connectivity index (χ2v) is 4.29. The Morgan fingerprint density at radius 2 is 2.39 bits per heavy atom. The summed E-state index contributed by atoms with van der Waals surface area (Å²) in [6.45, 7) is 2.69. The van der Waals surface area contributed by atoms with Crippen molar-refractivity contribution < 1.29 is 14.6 Å². The zero-order valence-corrected chi connectivity index (χ0v) is 10.2. The summed E-state index contributed by atoms with van der Waals surface area (Å²) in [6, 6.07) is 2.82. The number of hydrogen-bond donors (Lipinski definition) is 2. The van der Waals surface area contributed by atoms with Crippen molar-refractivity contribution in [1.82, 2.24) is 9.88 Å². The van der Waals surface area contributed by atoms with E-state index in [1.54, 1.807) is 13.0 Å². The number of amides is 1. The Morgan fingerprint density at radius 1 is 1.61 bits per heavy atom. The molecular weight excluding hydrogens is 236 g/mol. The molecule has 1 saturated heterocycles. The number of ether oxygens (including phenoxy) is 1. The Morgan fingerprint density at radius 3 is 3.06 bits per heavy atom. The molecule has 98 valence electrons. The minimum Gasteiger partial charge on any atom is -0.394 e. The molecule has 6 nitrogen and oxygen atoms in total. The van der Waals surface area contributed by atoms with Crippen LogP contribution in [0.2, 0.25) is 0 Å². The Labute approximate surface area is 104 Å². The number of morpholine rings is 1. The van der Waals surface area contributed by atoms with Crippen LogP contribution < -0.4 is 5.56 Å². The van der Waals surface area contributed by atoms with E-state index in [1.807, 2.05) is 0 Å². The molecule has 1 aliphatic rings. The Balaban J connectivity index is 2.27. The number of rotatable bonds is 2. The molecule has 0 spiro atoms. The molecule has 2 rings (SSSR count). The zero-order chi connectivity index (χ0) is 13.1. The highest BCUT2D eigenvalue weighted by Gasteiger charge is 2.28. The second-order valence-electron chi connectivity index (χ2n) is 4.29. The van der Waals surface area contributed by atoms with Gasteiger partial charge in [-0.05, 0) is 19.1 Å². The molecule has 0 aromatic carbocycles. The lowest BCUT2D eigenvalue weighted by atomic mass is 10.1. The highest BCUT2D eigenvalue weighted by atomic mass is 16.5. The van der Waals surface area contributed by atoms with Crippen molar-refractivity contribution in [3.63, 3.8) is 0 Å². The first-order valence-corrected chi connectivity index (χ1v) is 5.83. The molecule has 1 fully saturated rings. The number of carbonyl (C=O) groups excluding carboxylic acids is 1. The maximum Gasteiger partial charge on any atom is 0.260 e. The van der Waals surface area contributed by atoms with Gasteiger partial charge >= 0.3 is 0 Å². The van der Waals surface area contributed by atoms with Crippen LogP contribution >= 0.6 is 0 Å². The van der Waals surface area contributed by atoms with Gasteiger partial charge in [-0.15, -0.1) is 0 Å². The van der Waals surface area contributed by atoms with Gasteiger partial charge in [-0.1, -0.05) is 0 Å². The van der Waals surface area contributed by atoms with Crippen molar-refractivity contribution in [1.29, 1.82) is 0 Å². The number of aryl methyl sites for hydroxylation is 1. The largest absolute Gasteiger partial charge is 0.394 e. The van der Waals surface area contributed by atoms with Gasteiger partial charge in [-0.25, -0.2) is 0 Å². The predicted octanol–water partition coefficient (Wildman–Crippen LogP) is -0.483. The van der Waals surface area contributed by atoms with Gasteiger partial charge in [0.15, 0.2) is 0 Å². The third-order valence-corrected chi connectivity index (χ3v) is 2.98. The third kappa shape index (κ3) is 2.44. The van der Waals surface area contributed by atoms with E-state index in [0.29, 0.717) is 25.5 Å². The number of aliphatic hydroxyl groups is 1. The number of nitrogens with one attached hydrogen (secondary N) is 1. The lowest BCUT2D eigenvalue weighted by Crippen LogP contribution is -2.51. The van der Waals surface area contributed by atoms with Crippen molar-refractivity contribution in [2.45, 2.75) is 13.0 Å². The van der Waals surface area contributed by atoms with Crippen LogP contribution in [-0.4, -0.2) is 53.3 Å². The van der Waals surface area contributed by atoms with E-state index in [4.69, 9.17) is 4.74 Å². The van der Waals surface area contributed by atoms with Crippen LogP contribution in [0.15, 0.2) is 16.9 Å². The first-order chi connectivity index (χ1) is 8.63. The van der Waals surface area contributed by atoms with Gasteiger partial charge in [0.05, 0.1) is 25.9 Å². The van der Waals surface area contributed by atoms with Crippen molar-refractivity contribution in [3.8, 4) is 0 Å². The standard InChI is InChI=1S/C12H16N2O4/c1-8-2-3-10(11(16)13-8)12(17)14-4-5-18-7-9(14)6-15/h2-3,9,15H,4-7H2,1H3,(H,13,16). The molecule has 0 aliphatic carbocycles. The zero-order valence-electron chi connectivity index (χ0n) is 10.2. The fourth-order valence-corrected chi connectivity index (χ4v) is 1.97. The van der Waals surface area contributed by atoms with Gasteiger partial charge in [0.2, 0.25) is 0 Å². The SMILES string of the molecule is Cc1ccc(C(=O)N2CCOCC2CO)c(=O)[nH]1. The van der Waals surface area contributed by atoms with Gasteiger partial charge in [0, 0.05) is 12.2 Å². The molecular formula is C12H16N2O4. The molecule has 1 aliphatic heterocycles. The monoisotopic (exact) mass is 252 g/mol. The molecule has 0 bridgehead atoms. The van der Waals surface area contributed by atoms with Crippen LogP contribution in [0.5, 0.6) is 0 Å². The number of hydrogen-bond acceptors (Lipinski definition) is 4. The lowest BCUT2D eigenvalue weighted by Gasteiger charge is -2.34. The minimum atomic E-state index is -0.400. The van der Waals surface area contributed by atoms with Crippen molar-refractivity contribution >= 4 is 5.91 Å². The first-order valence-electron chi connectivity index (χ1n) is 5.83. The smallest absolute Gasteiger partial charge is 0.260 e. The summed E-state index contributed by atoms with van der Waals surface area (Å²) in [5.41, 5.74) is 0.404. The van der Waals surface area contributed by atoms with Crippen LogP contribution in [0, 0.1) is 6.92 Å². The quantitative estimate of drug-likeness (QED) is 0.744. The van der Waals surface area contributed by atoms with E-state index in [2.05, 4.69) is 4.98 Å². The van der Waals surface area contributed by atoms with E-state index < -0.39 is 5.56 Å².